The van der Waals surface area contributed by atoms with Gasteiger partial charge in [-0.2, -0.15) is 0 Å². The maximum atomic E-state index is 12.3. The molecule has 0 amide bonds. The summed E-state index contributed by atoms with van der Waals surface area (Å²) in [6.45, 7) is 0. The molecule has 0 atom stereocenters. The number of nitrogen functional groups attached to an aromatic ring is 1. The molecule has 1 aromatic heterocycles. The molecule has 1 heterocycles. The number of nitrogens with two attached hydrogens (primary N) is 1. The summed E-state index contributed by atoms with van der Waals surface area (Å²) in [6.07, 6.45) is 0. The van der Waals surface area contributed by atoms with Crippen molar-refractivity contribution in [2.45, 2.75) is 9.92 Å². The van der Waals surface area contributed by atoms with Gasteiger partial charge in [0, 0.05) is 11.1 Å². The number of hydrogen-bond donors (Lipinski definition) is 1. The second kappa shape index (κ2) is 6.60. The monoisotopic (exact) mass is 344 g/mol. The van der Waals surface area contributed by atoms with Crippen LogP contribution in [0, 0.1) is 0 Å². The van der Waals surface area contributed by atoms with Crippen molar-refractivity contribution in [3.63, 3.8) is 0 Å². The number of sulfone groups is 1. The van der Waals surface area contributed by atoms with Crippen molar-refractivity contribution in [3.8, 4) is 0 Å². The van der Waals surface area contributed by atoms with Crippen LogP contribution in [0.25, 0.3) is 10.9 Å². The lowest BCUT2D eigenvalue weighted by molar-refractivity contribution is 0.597. The first-order valence-electron chi connectivity index (χ1n) is 7.12. The minimum atomic E-state index is -3.28. The lowest BCUT2D eigenvalue weighted by Crippen LogP contribution is -2.09. The predicted octanol–water partition coefficient (Wildman–Crippen LogP) is 3.38. The van der Waals surface area contributed by atoms with Gasteiger partial charge in [-0.15, -0.1) is 11.8 Å². The van der Waals surface area contributed by atoms with Crippen molar-refractivity contribution in [1.29, 1.82) is 0 Å². The number of nitrogens with zero attached hydrogens (tertiary/aromatic N) is 1. The maximum Gasteiger partial charge on any atom is 0.179 e. The van der Waals surface area contributed by atoms with Crippen molar-refractivity contribution < 1.29 is 8.42 Å². The topological polar surface area (TPSA) is 73.0 Å². The first kappa shape index (κ1) is 15.8. The van der Waals surface area contributed by atoms with Crippen LogP contribution in [0.5, 0.6) is 0 Å². The van der Waals surface area contributed by atoms with Crippen LogP contribution in [0.2, 0.25) is 0 Å². The highest BCUT2D eigenvalue weighted by Crippen LogP contribution is 2.27. The molecular formula is C17H16N2O2S2. The van der Waals surface area contributed by atoms with Gasteiger partial charge in [-0.3, -0.25) is 0 Å². The lowest BCUT2D eigenvalue weighted by atomic mass is 10.2. The van der Waals surface area contributed by atoms with E-state index in [1.54, 1.807) is 30.3 Å². The number of aromatic nitrogens is 1. The minimum Gasteiger partial charge on any atom is -0.397 e. The van der Waals surface area contributed by atoms with Crippen LogP contribution in [0.15, 0.2) is 70.6 Å². The number of para-hydroxylation sites is 1. The molecule has 0 spiro atoms. The van der Waals surface area contributed by atoms with Crippen LogP contribution in [0.3, 0.4) is 0 Å². The Labute approximate surface area is 139 Å². The Morgan fingerprint density at radius 2 is 1.70 bits per heavy atom. The Balaban J connectivity index is 1.73. The zero-order valence-corrected chi connectivity index (χ0v) is 14.0. The van der Waals surface area contributed by atoms with E-state index in [1.807, 2.05) is 30.3 Å². The van der Waals surface area contributed by atoms with E-state index in [9.17, 15) is 8.42 Å². The fourth-order valence-corrected chi connectivity index (χ4v) is 4.82. The molecule has 0 radical (unpaired) electrons. The van der Waals surface area contributed by atoms with E-state index in [2.05, 4.69) is 4.98 Å². The molecule has 23 heavy (non-hydrogen) atoms. The highest BCUT2D eigenvalue weighted by Gasteiger charge is 2.14. The van der Waals surface area contributed by atoms with Crippen LogP contribution in [-0.2, 0) is 9.84 Å². The summed E-state index contributed by atoms with van der Waals surface area (Å²) in [5, 5.41) is 1.65. The Hall–Kier alpha value is -2.05. The van der Waals surface area contributed by atoms with Crippen molar-refractivity contribution in [3.05, 3.63) is 60.7 Å². The molecule has 0 aliphatic rings. The number of hydrogen-bond acceptors (Lipinski definition) is 5. The summed E-state index contributed by atoms with van der Waals surface area (Å²) in [5.41, 5.74) is 7.45. The van der Waals surface area contributed by atoms with E-state index < -0.39 is 9.84 Å². The van der Waals surface area contributed by atoms with Gasteiger partial charge in [0.25, 0.3) is 0 Å². The molecule has 2 N–H and O–H groups in total. The molecule has 118 valence electrons. The molecular weight excluding hydrogens is 328 g/mol. The van der Waals surface area contributed by atoms with Crippen LogP contribution >= 0.6 is 11.8 Å². The molecule has 0 aliphatic heterocycles. The van der Waals surface area contributed by atoms with Crippen molar-refractivity contribution >= 4 is 38.2 Å². The molecule has 6 heteroatoms. The molecule has 3 aromatic rings. The number of rotatable bonds is 5. The average molecular weight is 344 g/mol. The van der Waals surface area contributed by atoms with Crippen molar-refractivity contribution in [2.24, 2.45) is 0 Å². The van der Waals surface area contributed by atoms with E-state index >= 15 is 0 Å². The number of thioether (sulfide) groups is 1. The zero-order chi connectivity index (χ0) is 16.3. The normalized spacial score (nSPS) is 11.7. The van der Waals surface area contributed by atoms with Crippen LogP contribution in [0.4, 0.5) is 5.69 Å². The smallest absolute Gasteiger partial charge is 0.179 e. The quantitative estimate of drug-likeness (QED) is 0.718. The Morgan fingerprint density at radius 3 is 2.48 bits per heavy atom. The predicted molar refractivity (Wildman–Crippen MR) is 95.4 cm³/mol. The number of fused-ring (bicyclic) bond motifs is 1. The molecule has 3 rings (SSSR count). The van der Waals surface area contributed by atoms with Gasteiger partial charge in [-0.1, -0.05) is 36.4 Å². The second-order valence-corrected chi connectivity index (χ2v) is 8.25. The first-order valence-corrected chi connectivity index (χ1v) is 9.76. The number of anilines is 1. The summed E-state index contributed by atoms with van der Waals surface area (Å²) in [7, 11) is -3.28. The summed E-state index contributed by atoms with van der Waals surface area (Å²) < 4.78 is 24.5. The minimum absolute atomic E-state index is 0.0512. The Kier molecular flexibility index (Phi) is 4.54. The molecule has 0 aliphatic carbocycles. The first-order chi connectivity index (χ1) is 11.1. The van der Waals surface area contributed by atoms with Crippen LogP contribution in [0.1, 0.15) is 0 Å². The van der Waals surface area contributed by atoms with Gasteiger partial charge in [0.1, 0.15) is 5.03 Å². The molecule has 0 saturated carbocycles. The van der Waals surface area contributed by atoms with Gasteiger partial charge in [-0.25, -0.2) is 13.4 Å². The van der Waals surface area contributed by atoms with Gasteiger partial charge >= 0.3 is 0 Å². The largest absolute Gasteiger partial charge is 0.397 e. The molecule has 4 nitrogen and oxygen atoms in total. The van der Waals surface area contributed by atoms with Crippen molar-refractivity contribution in [2.75, 3.05) is 17.2 Å². The Bertz CT molecular complexity index is 926. The van der Waals surface area contributed by atoms with Gasteiger partial charge in [0.15, 0.2) is 9.84 Å². The van der Waals surface area contributed by atoms with Gasteiger partial charge < -0.3 is 5.73 Å². The van der Waals surface area contributed by atoms with E-state index in [-0.39, 0.29) is 5.75 Å². The summed E-state index contributed by atoms with van der Waals surface area (Å²) in [4.78, 5) is 4.86. The van der Waals surface area contributed by atoms with Gasteiger partial charge in [0.05, 0.1) is 21.9 Å². The maximum absolute atomic E-state index is 12.3. The van der Waals surface area contributed by atoms with E-state index in [0.717, 1.165) is 10.9 Å². The molecule has 0 bridgehead atoms. The van der Waals surface area contributed by atoms with Crippen LogP contribution in [-0.4, -0.2) is 24.9 Å². The van der Waals surface area contributed by atoms with Gasteiger partial charge in [-0.05, 0) is 24.3 Å². The average Bonchev–Trinajstić information content (AvgIpc) is 2.56. The third-order valence-corrected chi connectivity index (χ3v) is 6.41. The SMILES string of the molecule is Nc1cc2ccccc2nc1SCCS(=O)(=O)c1ccccc1. The fourth-order valence-electron chi connectivity index (χ4n) is 2.22. The third-order valence-electron chi connectivity index (χ3n) is 3.41. The molecule has 0 saturated heterocycles. The van der Waals surface area contributed by atoms with E-state index in [1.165, 1.54) is 11.8 Å². The summed E-state index contributed by atoms with van der Waals surface area (Å²) >= 11 is 1.37. The van der Waals surface area contributed by atoms with Gasteiger partial charge in [0.2, 0.25) is 0 Å². The van der Waals surface area contributed by atoms with Crippen LogP contribution < -0.4 is 5.73 Å². The summed E-state index contributed by atoms with van der Waals surface area (Å²) in [5.74, 6) is 0.461. The molecule has 0 unspecified atom stereocenters. The molecule has 2 aromatic carbocycles. The lowest BCUT2D eigenvalue weighted by Gasteiger charge is -2.07. The van der Waals surface area contributed by atoms with Crippen molar-refractivity contribution in [1.82, 2.24) is 4.98 Å². The standard InChI is InChI=1S/C17H16N2O2S2/c18-15-12-13-6-4-5-9-16(13)19-17(15)22-10-11-23(20,21)14-7-2-1-3-8-14/h1-9,12H,10-11,18H2. The fraction of sp³-hybridized carbons (Fsp3) is 0.118. The van der Waals surface area contributed by atoms with E-state index in [0.29, 0.717) is 21.4 Å². The second-order valence-electron chi connectivity index (χ2n) is 5.06. The third kappa shape index (κ3) is 3.65. The van der Waals surface area contributed by atoms with E-state index in [4.69, 9.17) is 5.73 Å². The summed E-state index contributed by atoms with van der Waals surface area (Å²) in [6, 6.07) is 18.1. The number of benzene rings is 2. The molecule has 0 fully saturated rings. The zero-order valence-electron chi connectivity index (χ0n) is 12.3. The highest BCUT2D eigenvalue weighted by atomic mass is 32.2. The highest BCUT2D eigenvalue weighted by molar-refractivity contribution is 8.00. The Morgan fingerprint density at radius 1 is 1.00 bits per heavy atom. The number of pyridine rings is 1.